The normalized spacial score (nSPS) is 12.5. The van der Waals surface area contributed by atoms with E-state index in [2.05, 4.69) is 48.5 Å². The summed E-state index contributed by atoms with van der Waals surface area (Å²) in [5, 5.41) is 0. The molecule has 0 spiro atoms. The lowest BCUT2D eigenvalue weighted by Crippen LogP contribution is -2.12. The summed E-state index contributed by atoms with van der Waals surface area (Å²) < 4.78 is 12.9. The van der Waals surface area contributed by atoms with Crippen LogP contribution in [0.25, 0.3) is 0 Å². The first-order chi connectivity index (χ1) is 16.9. The minimum atomic E-state index is -0.206. The first-order valence-corrected chi connectivity index (χ1v) is 11.5. The van der Waals surface area contributed by atoms with Crippen molar-refractivity contribution in [1.82, 2.24) is 0 Å². The Morgan fingerprint density at radius 3 is 0.882 bits per heavy atom. The summed E-state index contributed by atoms with van der Waals surface area (Å²) in [7, 11) is 0. The third kappa shape index (κ3) is 5.19. The van der Waals surface area contributed by atoms with Crippen LogP contribution in [-0.2, 0) is 0 Å². The second-order valence-corrected chi connectivity index (χ2v) is 8.11. The van der Waals surface area contributed by atoms with Crippen LogP contribution in [0.4, 0.5) is 0 Å². The Bertz CT molecular complexity index is 1170. The van der Waals surface area contributed by atoms with Gasteiger partial charge >= 0.3 is 0 Å². The Balaban J connectivity index is 1.47. The van der Waals surface area contributed by atoms with Gasteiger partial charge in [0.25, 0.3) is 0 Å². The second-order valence-electron chi connectivity index (χ2n) is 8.11. The van der Waals surface area contributed by atoms with Gasteiger partial charge in [-0.15, -0.1) is 0 Å². The lowest BCUT2D eigenvalue weighted by molar-refractivity contribution is 0.243. The molecule has 0 heterocycles. The molecule has 34 heavy (non-hydrogen) atoms. The van der Waals surface area contributed by atoms with E-state index in [0.29, 0.717) is 0 Å². The predicted molar refractivity (Wildman–Crippen MR) is 137 cm³/mol. The maximum atomic E-state index is 6.44. The van der Waals surface area contributed by atoms with Crippen molar-refractivity contribution >= 4 is 0 Å². The Labute approximate surface area is 201 Å². The van der Waals surface area contributed by atoms with Gasteiger partial charge in [0.2, 0.25) is 0 Å². The molecule has 0 bridgehead atoms. The molecule has 0 radical (unpaired) electrons. The summed E-state index contributed by atoms with van der Waals surface area (Å²) in [6.07, 6.45) is -0.411. The van der Waals surface area contributed by atoms with E-state index < -0.39 is 0 Å². The van der Waals surface area contributed by atoms with Gasteiger partial charge in [0.1, 0.15) is 23.7 Å². The number of ether oxygens (including phenoxy) is 2. The summed E-state index contributed by atoms with van der Waals surface area (Å²) in [6, 6.07) is 49.1. The van der Waals surface area contributed by atoms with Gasteiger partial charge in [-0.3, -0.25) is 0 Å². The molecule has 0 amide bonds. The average Bonchev–Trinajstić information content (AvgIpc) is 2.93. The quantitative estimate of drug-likeness (QED) is 0.242. The molecule has 0 aliphatic heterocycles. The predicted octanol–water partition coefficient (Wildman–Crippen LogP) is 8.02. The van der Waals surface area contributed by atoms with Crippen LogP contribution in [-0.4, -0.2) is 0 Å². The van der Waals surface area contributed by atoms with Gasteiger partial charge in [-0.05, 0) is 46.5 Å². The van der Waals surface area contributed by atoms with Crippen molar-refractivity contribution in [2.75, 3.05) is 0 Å². The molecule has 5 aromatic rings. The topological polar surface area (TPSA) is 18.5 Å². The number of hydrogen-bond donors (Lipinski definition) is 0. The van der Waals surface area contributed by atoms with Crippen LogP contribution in [0.2, 0.25) is 0 Å². The van der Waals surface area contributed by atoms with Crippen LogP contribution < -0.4 is 9.47 Å². The molecule has 0 saturated carbocycles. The van der Waals surface area contributed by atoms with Gasteiger partial charge in [0.05, 0.1) is 0 Å². The molecule has 0 aromatic heterocycles. The van der Waals surface area contributed by atoms with Gasteiger partial charge in [-0.25, -0.2) is 0 Å². The van der Waals surface area contributed by atoms with Gasteiger partial charge in [0, 0.05) is 0 Å². The average molecular weight is 443 g/mol. The van der Waals surface area contributed by atoms with Gasteiger partial charge < -0.3 is 9.47 Å². The molecule has 0 aliphatic rings. The summed E-state index contributed by atoms with van der Waals surface area (Å²) in [5.74, 6) is 1.69. The molecule has 2 atom stereocenters. The molecule has 2 unspecified atom stereocenters. The van der Waals surface area contributed by atoms with Crippen molar-refractivity contribution in [3.8, 4) is 11.5 Å². The summed E-state index contributed by atoms with van der Waals surface area (Å²) >= 11 is 0. The van der Waals surface area contributed by atoms with Crippen molar-refractivity contribution in [3.63, 3.8) is 0 Å². The molecule has 0 fully saturated rings. The fourth-order valence-corrected chi connectivity index (χ4v) is 4.03. The Hall–Kier alpha value is -4.30. The molecule has 0 aliphatic carbocycles. The monoisotopic (exact) mass is 442 g/mol. The number of rotatable bonds is 8. The smallest absolute Gasteiger partial charge is 0.149 e. The van der Waals surface area contributed by atoms with E-state index in [1.54, 1.807) is 0 Å². The van der Waals surface area contributed by atoms with Crippen molar-refractivity contribution in [2.45, 2.75) is 12.2 Å². The largest absolute Gasteiger partial charge is 0.481 e. The second kappa shape index (κ2) is 10.5. The molecule has 0 N–H and O–H groups in total. The van der Waals surface area contributed by atoms with E-state index in [9.17, 15) is 0 Å². The van der Waals surface area contributed by atoms with E-state index in [4.69, 9.17) is 9.47 Å². The van der Waals surface area contributed by atoms with E-state index in [-0.39, 0.29) is 12.2 Å². The van der Waals surface area contributed by atoms with Crippen LogP contribution in [0, 0.1) is 0 Å². The van der Waals surface area contributed by atoms with Crippen molar-refractivity contribution in [2.24, 2.45) is 0 Å². The third-order valence-electron chi connectivity index (χ3n) is 5.74. The van der Waals surface area contributed by atoms with Crippen LogP contribution in [0.1, 0.15) is 34.5 Å². The highest BCUT2D eigenvalue weighted by Crippen LogP contribution is 2.32. The molecular weight excluding hydrogens is 416 g/mol. The summed E-state index contributed by atoms with van der Waals surface area (Å²) in [5.41, 5.74) is 4.40. The zero-order valence-electron chi connectivity index (χ0n) is 18.8. The summed E-state index contributed by atoms with van der Waals surface area (Å²) in [6.45, 7) is 0. The zero-order valence-corrected chi connectivity index (χ0v) is 18.8. The molecule has 5 aromatic carbocycles. The van der Waals surface area contributed by atoms with Gasteiger partial charge in [-0.2, -0.15) is 0 Å². The van der Waals surface area contributed by atoms with Crippen molar-refractivity contribution in [1.29, 1.82) is 0 Å². The van der Waals surface area contributed by atoms with Crippen molar-refractivity contribution < 1.29 is 9.47 Å². The summed E-state index contributed by atoms with van der Waals surface area (Å²) in [4.78, 5) is 0. The van der Waals surface area contributed by atoms with E-state index >= 15 is 0 Å². The minimum Gasteiger partial charge on any atom is -0.481 e. The molecule has 5 rings (SSSR count). The molecular formula is C32H26O2. The van der Waals surface area contributed by atoms with Crippen LogP contribution in [0.3, 0.4) is 0 Å². The Morgan fingerprint density at radius 2 is 0.559 bits per heavy atom. The van der Waals surface area contributed by atoms with Gasteiger partial charge in [0.15, 0.2) is 0 Å². The number of para-hydroxylation sites is 2. The highest BCUT2D eigenvalue weighted by atomic mass is 16.5. The maximum absolute atomic E-state index is 6.44. The van der Waals surface area contributed by atoms with Crippen LogP contribution in [0.15, 0.2) is 146 Å². The molecule has 0 saturated heterocycles. The van der Waals surface area contributed by atoms with Crippen LogP contribution in [0.5, 0.6) is 11.5 Å². The molecule has 2 nitrogen and oxygen atoms in total. The minimum absolute atomic E-state index is 0.206. The number of hydrogen-bond acceptors (Lipinski definition) is 2. The standard InChI is InChI=1S/C32H26O2/c1-5-13-25(14-6-1)31(33-29-17-9-3-10-18-29)27-21-23-28(24-22-27)32(26-15-7-2-8-16-26)34-30-19-11-4-12-20-30/h1-24,31-32H. The fourth-order valence-electron chi connectivity index (χ4n) is 4.03. The first kappa shape index (κ1) is 21.5. The van der Waals surface area contributed by atoms with E-state index in [1.165, 1.54) is 0 Å². The molecule has 166 valence electrons. The Morgan fingerprint density at radius 1 is 0.294 bits per heavy atom. The maximum Gasteiger partial charge on any atom is 0.149 e. The SMILES string of the molecule is c1ccc(OC(c2ccccc2)c2ccc(C(Oc3ccccc3)c3ccccc3)cc2)cc1. The highest BCUT2D eigenvalue weighted by molar-refractivity contribution is 5.38. The van der Waals surface area contributed by atoms with Crippen molar-refractivity contribution in [3.05, 3.63) is 168 Å². The lowest BCUT2D eigenvalue weighted by Gasteiger charge is -2.23. The molecule has 2 heteroatoms. The van der Waals surface area contributed by atoms with Gasteiger partial charge in [-0.1, -0.05) is 121 Å². The fraction of sp³-hybridized carbons (Fsp3) is 0.0625. The zero-order chi connectivity index (χ0) is 23.0. The lowest BCUT2D eigenvalue weighted by atomic mass is 9.96. The van der Waals surface area contributed by atoms with Crippen LogP contribution >= 0.6 is 0 Å². The third-order valence-corrected chi connectivity index (χ3v) is 5.74. The van der Waals surface area contributed by atoms with E-state index in [1.807, 2.05) is 97.1 Å². The van der Waals surface area contributed by atoms with E-state index in [0.717, 1.165) is 33.8 Å². The Kier molecular flexibility index (Phi) is 6.68. The number of benzene rings is 5. The highest BCUT2D eigenvalue weighted by Gasteiger charge is 2.19. The first-order valence-electron chi connectivity index (χ1n) is 11.5.